The van der Waals surface area contributed by atoms with E-state index in [0.717, 1.165) is 45.9 Å². The zero-order chi connectivity index (χ0) is 25.1. The molecule has 0 N–H and O–H groups in total. The Balaban J connectivity index is 1.52. The van der Waals surface area contributed by atoms with Gasteiger partial charge in [0.2, 0.25) is 0 Å². The van der Waals surface area contributed by atoms with Crippen molar-refractivity contribution in [1.82, 2.24) is 20.1 Å². The zero-order valence-corrected chi connectivity index (χ0v) is 21.0. The average Bonchev–Trinajstić information content (AvgIpc) is 3.37. The Kier molecular flexibility index (Phi) is 5.34. The highest BCUT2D eigenvalue weighted by atomic mass is 16.5. The molecular weight excluding hydrogens is 442 g/mol. The van der Waals surface area contributed by atoms with Crippen molar-refractivity contribution >= 4 is 16.7 Å². The van der Waals surface area contributed by atoms with E-state index < -0.39 is 16.7 Å². The Morgan fingerprint density at radius 3 is 2.37 bits per heavy atom. The van der Waals surface area contributed by atoms with E-state index >= 15 is 0 Å². The lowest BCUT2D eigenvalue weighted by atomic mass is 9.89. The van der Waals surface area contributed by atoms with Gasteiger partial charge in [0.1, 0.15) is 11.3 Å². The first-order valence-electron chi connectivity index (χ1n) is 12.0. The molecule has 1 radical (unpaired) electrons. The maximum atomic E-state index is 12.9. The lowest BCUT2D eigenvalue weighted by molar-refractivity contribution is -0.266. The van der Waals surface area contributed by atoms with Gasteiger partial charge >= 0.3 is 5.63 Å². The molecular formula is C27H30N5O3. The number of benzene rings is 2. The summed E-state index contributed by atoms with van der Waals surface area (Å²) in [4.78, 5) is 15.0. The fraction of sp³-hybridized carbons (Fsp3) is 0.370. The number of hydrogen-bond acceptors (Lipinski definition) is 6. The van der Waals surface area contributed by atoms with Gasteiger partial charge in [-0.15, -0.1) is 15.4 Å². The van der Waals surface area contributed by atoms with Gasteiger partial charge in [0, 0.05) is 35.8 Å². The van der Waals surface area contributed by atoms with E-state index in [1.807, 2.05) is 64.1 Å². The molecule has 1 aliphatic heterocycles. The summed E-state index contributed by atoms with van der Waals surface area (Å²) >= 11 is 0. The van der Waals surface area contributed by atoms with Crippen LogP contribution in [-0.2, 0) is 16.3 Å². The van der Waals surface area contributed by atoms with E-state index in [4.69, 9.17) is 4.42 Å². The number of hydrogen-bond donors (Lipinski definition) is 0. The minimum atomic E-state index is -0.658. The molecule has 181 valence electrons. The van der Waals surface area contributed by atoms with Crippen molar-refractivity contribution < 1.29 is 9.62 Å². The fourth-order valence-corrected chi connectivity index (χ4v) is 5.21. The van der Waals surface area contributed by atoms with Crippen molar-refractivity contribution in [2.75, 3.05) is 18.0 Å². The summed E-state index contributed by atoms with van der Waals surface area (Å²) in [6.45, 7) is 13.7. The van der Waals surface area contributed by atoms with Crippen molar-refractivity contribution in [3.05, 3.63) is 70.2 Å². The van der Waals surface area contributed by atoms with Crippen molar-refractivity contribution in [2.45, 2.75) is 52.6 Å². The average molecular weight is 473 g/mol. The van der Waals surface area contributed by atoms with Gasteiger partial charge in [0.15, 0.2) is 5.69 Å². The molecule has 3 heterocycles. The van der Waals surface area contributed by atoms with Crippen LogP contribution in [0.2, 0.25) is 0 Å². The fourth-order valence-electron chi connectivity index (χ4n) is 5.21. The van der Waals surface area contributed by atoms with Gasteiger partial charge in [-0.3, -0.25) is 0 Å². The molecule has 0 fully saturated rings. The first kappa shape index (κ1) is 23.3. The second-order valence-corrected chi connectivity index (χ2v) is 10.0. The molecule has 1 aliphatic rings. The number of anilines is 1. The van der Waals surface area contributed by atoms with Crippen molar-refractivity contribution in [2.24, 2.45) is 0 Å². The van der Waals surface area contributed by atoms with Gasteiger partial charge in [-0.2, -0.15) is 0 Å². The smallest absolute Gasteiger partial charge is 0.362 e. The highest BCUT2D eigenvalue weighted by Crippen LogP contribution is 2.49. The largest absolute Gasteiger partial charge is 0.421 e. The molecule has 0 atom stereocenters. The maximum Gasteiger partial charge on any atom is 0.362 e. The molecule has 5 rings (SSSR count). The molecule has 0 saturated carbocycles. The van der Waals surface area contributed by atoms with Crippen molar-refractivity contribution in [3.63, 3.8) is 0 Å². The van der Waals surface area contributed by atoms with E-state index in [1.54, 1.807) is 12.3 Å². The third kappa shape index (κ3) is 3.56. The molecule has 0 unspecified atom stereocenters. The standard InChI is InChI=1S/C27H30N5O3/c1-7-30(8-2)19-11-9-18-14-23(25(33)35-24(18)15-19)31-16-22(28-29-31)17-10-12-20-21(13-17)27(5,6)32(34)26(20,3)4/h9-16H,7-8H2,1-6H3. The first-order valence-corrected chi connectivity index (χ1v) is 12.0. The van der Waals surface area contributed by atoms with Gasteiger partial charge in [0.05, 0.1) is 17.3 Å². The quantitative estimate of drug-likeness (QED) is 0.379. The van der Waals surface area contributed by atoms with Crippen molar-refractivity contribution in [1.29, 1.82) is 0 Å². The molecule has 8 nitrogen and oxygen atoms in total. The van der Waals surface area contributed by atoms with E-state index in [2.05, 4.69) is 29.1 Å². The molecule has 4 aromatic rings. The third-order valence-corrected chi connectivity index (χ3v) is 7.22. The Bertz CT molecular complexity index is 1480. The van der Waals surface area contributed by atoms with E-state index in [9.17, 15) is 10.0 Å². The highest BCUT2D eigenvalue weighted by molar-refractivity contribution is 5.82. The molecule has 0 saturated heterocycles. The second kappa shape index (κ2) is 8.03. The van der Waals surface area contributed by atoms with E-state index in [1.165, 1.54) is 4.68 Å². The maximum absolute atomic E-state index is 12.9. The Morgan fingerprint density at radius 1 is 0.943 bits per heavy atom. The van der Waals surface area contributed by atoms with Gasteiger partial charge in [0.25, 0.3) is 0 Å². The van der Waals surface area contributed by atoms with Gasteiger partial charge in [-0.1, -0.05) is 17.3 Å². The molecule has 2 aromatic carbocycles. The second-order valence-electron chi connectivity index (χ2n) is 10.0. The van der Waals surface area contributed by atoms with Crippen LogP contribution in [0.25, 0.3) is 27.9 Å². The lowest BCUT2D eigenvalue weighted by Crippen LogP contribution is -2.41. The third-order valence-electron chi connectivity index (χ3n) is 7.22. The molecule has 0 amide bonds. The van der Waals surface area contributed by atoms with Crippen LogP contribution in [0.5, 0.6) is 0 Å². The first-order chi connectivity index (χ1) is 16.6. The topological polar surface area (TPSA) is 87.3 Å². The number of rotatable bonds is 5. The Hall–Kier alpha value is -3.49. The molecule has 0 aliphatic carbocycles. The molecule has 8 heteroatoms. The summed E-state index contributed by atoms with van der Waals surface area (Å²) < 4.78 is 7.10. The summed E-state index contributed by atoms with van der Waals surface area (Å²) in [6.07, 6.45) is 1.71. The zero-order valence-electron chi connectivity index (χ0n) is 21.0. The Labute approximate surface area is 204 Å². The predicted molar refractivity (Wildman–Crippen MR) is 135 cm³/mol. The number of fused-ring (bicyclic) bond motifs is 2. The molecule has 35 heavy (non-hydrogen) atoms. The van der Waals surface area contributed by atoms with Crippen LogP contribution >= 0.6 is 0 Å². The van der Waals surface area contributed by atoms with Crippen LogP contribution in [0.15, 0.2) is 57.9 Å². The number of nitrogens with zero attached hydrogens (tertiary/aromatic N) is 5. The minimum Gasteiger partial charge on any atom is -0.421 e. The highest BCUT2D eigenvalue weighted by Gasteiger charge is 2.50. The summed E-state index contributed by atoms with van der Waals surface area (Å²) in [5.74, 6) is 0. The minimum absolute atomic E-state index is 0.292. The summed E-state index contributed by atoms with van der Waals surface area (Å²) in [6, 6.07) is 13.6. The molecule has 0 spiro atoms. The van der Waals surface area contributed by atoms with Crippen molar-refractivity contribution in [3.8, 4) is 16.9 Å². The van der Waals surface area contributed by atoms with Crippen LogP contribution in [0, 0.1) is 0 Å². The van der Waals surface area contributed by atoms with Crippen LogP contribution < -0.4 is 10.5 Å². The van der Waals surface area contributed by atoms with Crippen LogP contribution in [0.3, 0.4) is 0 Å². The summed E-state index contributed by atoms with van der Waals surface area (Å²) in [5, 5.41) is 23.4. The van der Waals surface area contributed by atoms with E-state index in [0.29, 0.717) is 17.0 Å². The van der Waals surface area contributed by atoms with Crippen LogP contribution in [-0.4, -0.2) is 33.1 Å². The predicted octanol–water partition coefficient (Wildman–Crippen LogP) is 5.02. The normalized spacial score (nSPS) is 16.5. The van der Waals surface area contributed by atoms with Gasteiger partial charge in [-0.05, 0) is 76.9 Å². The number of hydroxylamine groups is 2. The lowest BCUT2D eigenvalue weighted by Gasteiger charge is -2.32. The van der Waals surface area contributed by atoms with Crippen LogP contribution in [0.1, 0.15) is 52.7 Å². The number of aromatic nitrogens is 3. The summed E-state index contributed by atoms with van der Waals surface area (Å²) in [5.41, 5.74) is 3.52. The summed E-state index contributed by atoms with van der Waals surface area (Å²) in [7, 11) is 0. The van der Waals surface area contributed by atoms with Gasteiger partial charge < -0.3 is 9.32 Å². The molecule has 0 bridgehead atoms. The van der Waals surface area contributed by atoms with Gasteiger partial charge in [-0.25, -0.2) is 9.48 Å². The van der Waals surface area contributed by atoms with E-state index in [-0.39, 0.29) is 0 Å². The molecule has 2 aromatic heterocycles. The van der Waals surface area contributed by atoms with Crippen LogP contribution in [0.4, 0.5) is 5.69 Å². The SMILES string of the molecule is CCN(CC)c1ccc2cc(-n3cc(-c4ccc5c(c4)C(C)(C)N([O])C5(C)C)nn3)c(=O)oc2c1. The monoisotopic (exact) mass is 472 g/mol. The Morgan fingerprint density at radius 2 is 1.66 bits per heavy atom.